The predicted molar refractivity (Wildman–Crippen MR) is 61.0 cm³/mol. The van der Waals surface area contributed by atoms with Gasteiger partial charge in [-0.3, -0.25) is 4.79 Å². The zero-order chi connectivity index (χ0) is 10.8. The van der Waals surface area contributed by atoms with Gasteiger partial charge in [-0.2, -0.15) is 0 Å². The molecule has 2 rings (SSSR count). The fraction of sp³-hybridized carbons (Fsp3) is 0.250. The van der Waals surface area contributed by atoms with Crippen LogP contribution in [0.4, 0.5) is 0 Å². The number of nitrogens with two attached hydrogens (primary N) is 1. The number of nitrogens with zero attached hydrogens (tertiary/aromatic N) is 1. The van der Waals surface area contributed by atoms with Gasteiger partial charge in [-0.05, 0) is 13.0 Å². The molecule has 2 N–H and O–H groups in total. The van der Waals surface area contributed by atoms with Gasteiger partial charge in [0.25, 0.3) is 0 Å². The van der Waals surface area contributed by atoms with Crippen LogP contribution in [0.25, 0.3) is 10.9 Å². The Morgan fingerprint density at radius 2 is 2.13 bits per heavy atom. The van der Waals surface area contributed by atoms with Crippen LogP contribution < -0.4 is 5.73 Å². The zero-order valence-corrected chi connectivity index (χ0v) is 8.73. The maximum absolute atomic E-state index is 11.6. The highest BCUT2D eigenvalue weighted by Gasteiger charge is 2.12. The Balaban J connectivity index is 2.70. The lowest BCUT2D eigenvalue weighted by Gasteiger charge is -1.97. The topological polar surface area (TPSA) is 48.0 Å². The van der Waals surface area contributed by atoms with E-state index in [1.807, 2.05) is 30.5 Å². The summed E-state index contributed by atoms with van der Waals surface area (Å²) in [6.07, 6.45) is 1.89. The lowest BCUT2D eigenvalue weighted by Crippen LogP contribution is -2.13. The number of hydrogen-bond donors (Lipinski definition) is 1. The second kappa shape index (κ2) is 3.87. The summed E-state index contributed by atoms with van der Waals surface area (Å²) in [5, 5.41) is 0.995. The Labute approximate surface area is 88.5 Å². The van der Waals surface area contributed by atoms with Crippen molar-refractivity contribution in [1.29, 1.82) is 0 Å². The smallest absolute Gasteiger partial charge is 0.178 e. The Kier molecular flexibility index (Phi) is 2.56. The molecule has 3 nitrogen and oxygen atoms in total. The fourth-order valence-corrected chi connectivity index (χ4v) is 1.84. The van der Waals surface area contributed by atoms with Crippen LogP contribution in [0.2, 0.25) is 0 Å². The molecule has 2 aromatic rings. The molecule has 0 bridgehead atoms. The van der Waals surface area contributed by atoms with Gasteiger partial charge < -0.3 is 10.3 Å². The van der Waals surface area contributed by atoms with Crippen molar-refractivity contribution in [1.82, 2.24) is 4.57 Å². The van der Waals surface area contributed by atoms with Crippen molar-refractivity contribution >= 4 is 16.7 Å². The monoisotopic (exact) mass is 202 g/mol. The summed E-state index contributed by atoms with van der Waals surface area (Å²) >= 11 is 0. The average molecular weight is 202 g/mol. The van der Waals surface area contributed by atoms with E-state index in [0.717, 1.165) is 23.0 Å². The molecule has 0 unspecified atom stereocenters. The van der Waals surface area contributed by atoms with Crippen molar-refractivity contribution in [3.63, 3.8) is 0 Å². The third kappa shape index (κ3) is 1.55. The summed E-state index contributed by atoms with van der Waals surface area (Å²) in [7, 11) is 0. The molecule has 0 amide bonds. The van der Waals surface area contributed by atoms with Gasteiger partial charge in [0.15, 0.2) is 5.78 Å². The highest BCUT2D eigenvalue weighted by molar-refractivity contribution is 6.08. The first-order valence-electron chi connectivity index (χ1n) is 5.09. The standard InChI is InChI=1S/C12H14N2O/c1-2-14-8-10(12(15)7-13)9-5-3-4-6-11(9)14/h3-6,8H,2,7,13H2,1H3. The third-order valence-electron chi connectivity index (χ3n) is 2.62. The van der Waals surface area contributed by atoms with Gasteiger partial charge in [-0.1, -0.05) is 18.2 Å². The SMILES string of the molecule is CCn1cc(C(=O)CN)c2ccccc21. The second-order valence-corrected chi connectivity index (χ2v) is 3.47. The van der Waals surface area contributed by atoms with Crippen LogP contribution in [0.5, 0.6) is 0 Å². The number of carbonyl (C=O) groups excluding carboxylic acids is 1. The van der Waals surface area contributed by atoms with Gasteiger partial charge in [0.2, 0.25) is 0 Å². The zero-order valence-electron chi connectivity index (χ0n) is 8.73. The maximum atomic E-state index is 11.6. The van der Waals surface area contributed by atoms with Gasteiger partial charge >= 0.3 is 0 Å². The largest absolute Gasteiger partial charge is 0.347 e. The molecule has 1 heterocycles. The van der Waals surface area contributed by atoms with Gasteiger partial charge in [-0.15, -0.1) is 0 Å². The first-order chi connectivity index (χ1) is 7.27. The van der Waals surface area contributed by atoms with E-state index >= 15 is 0 Å². The number of fused-ring (bicyclic) bond motifs is 1. The first-order valence-corrected chi connectivity index (χ1v) is 5.09. The van der Waals surface area contributed by atoms with Crippen molar-refractivity contribution in [2.75, 3.05) is 6.54 Å². The highest BCUT2D eigenvalue weighted by atomic mass is 16.1. The fourth-order valence-electron chi connectivity index (χ4n) is 1.84. The number of aromatic nitrogens is 1. The van der Waals surface area contributed by atoms with Crippen LogP contribution in [-0.4, -0.2) is 16.9 Å². The van der Waals surface area contributed by atoms with Gasteiger partial charge in [0.05, 0.1) is 6.54 Å². The number of rotatable bonds is 3. The molecule has 3 heteroatoms. The second-order valence-electron chi connectivity index (χ2n) is 3.47. The molecule has 78 valence electrons. The van der Waals surface area contributed by atoms with Crippen LogP contribution in [-0.2, 0) is 6.54 Å². The molecule has 0 fully saturated rings. The van der Waals surface area contributed by atoms with Crippen molar-refractivity contribution in [2.45, 2.75) is 13.5 Å². The van der Waals surface area contributed by atoms with E-state index in [4.69, 9.17) is 5.73 Å². The molecule has 1 aromatic carbocycles. The van der Waals surface area contributed by atoms with Crippen LogP contribution >= 0.6 is 0 Å². The number of aryl methyl sites for hydroxylation is 1. The highest BCUT2D eigenvalue weighted by Crippen LogP contribution is 2.21. The summed E-state index contributed by atoms with van der Waals surface area (Å²) < 4.78 is 2.07. The number of carbonyl (C=O) groups is 1. The predicted octanol–water partition coefficient (Wildman–Crippen LogP) is 1.80. The molecular formula is C12H14N2O. The Morgan fingerprint density at radius 1 is 1.40 bits per heavy atom. The molecule has 0 aliphatic heterocycles. The number of benzene rings is 1. The molecule has 0 saturated heterocycles. The van der Waals surface area contributed by atoms with Crippen LogP contribution in [0.15, 0.2) is 30.5 Å². The quantitative estimate of drug-likeness (QED) is 0.771. The Hall–Kier alpha value is -1.61. The minimum atomic E-state index is -0.00148. The van der Waals surface area contributed by atoms with Crippen molar-refractivity contribution < 1.29 is 4.79 Å². The van der Waals surface area contributed by atoms with Crippen molar-refractivity contribution in [3.8, 4) is 0 Å². The molecule has 0 atom stereocenters. The van der Waals surface area contributed by atoms with Gasteiger partial charge in [0, 0.05) is 29.2 Å². The van der Waals surface area contributed by atoms with Gasteiger partial charge in [0.1, 0.15) is 0 Å². The number of ketones is 1. The van der Waals surface area contributed by atoms with E-state index in [1.54, 1.807) is 0 Å². The Bertz CT molecular complexity index is 499. The number of Topliss-reactive ketones (excluding diaryl/α,β-unsaturated/α-hetero) is 1. The molecule has 1 aromatic heterocycles. The van der Waals surface area contributed by atoms with E-state index in [1.165, 1.54) is 0 Å². The molecular weight excluding hydrogens is 188 g/mol. The number of hydrogen-bond acceptors (Lipinski definition) is 2. The molecule has 0 aliphatic rings. The van der Waals surface area contributed by atoms with Gasteiger partial charge in [-0.25, -0.2) is 0 Å². The van der Waals surface area contributed by atoms with E-state index in [2.05, 4.69) is 11.5 Å². The molecule has 0 spiro atoms. The molecule has 0 aliphatic carbocycles. The number of para-hydroxylation sites is 1. The first kappa shape index (κ1) is 9.93. The molecule has 0 saturated carbocycles. The lowest BCUT2D eigenvalue weighted by molar-refractivity contribution is 0.100. The lowest BCUT2D eigenvalue weighted by atomic mass is 10.1. The summed E-state index contributed by atoms with van der Waals surface area (Å²) in [5.74, 6) is -0.00148. The van der Waals surface area contributed by atoms with Crippen LogP contribution in [0.1, 0.15) is 17.3 Å². The summed E-state index contributed by atoms with van der Waals surface area (Å²) in [5.41, 5.74) is 7.21. The third-order valence-corrected chi connectivity index (χ3v) is 2.62. The van der Waals surface area contributed by atoms with Crippen molar-refractivity contribution in [3.05, 3.63) is 36.0 Å². The minimum absolute atomic E-state index is 0.00148. The van der Waals surface area contributed by atoms with Crippen LogP contribution in [0.3, 0.4) is 0 Å². The maximum Gasteiger partial charge on any atom is 0.178 e. The molecule has 15 heavy (non-hydrogen) atoms. The normalized spacial score (nSPS) is 10.8. The molecule has 0 radical (unpaired) electrons. The van der Waals surface area contributed by atoms with E-state index in [0.29, 0.717) is 0 Å². The minimum Gasteiger partial charge on any atom is -0.347 e. The van der Waals surface area contributed by atoms with Crippen LogP contribution in [0, 0.1) is 0 Å². The summed E-state index contributed by atoms with van der Waals surface area (Å²) in [4.78, 5) is 11.6. The Morgan fingerprint density at radius 3 is 2.80 bits per heavy atom. The summed E-state index contributed by atoms with van der Waals surface area (Å²) in [6, 6.07) is 7.90. The average Bonchev–Trinajstić information content (AvgIpc) is 2.67. The van der Waals surface area contributed by atoms with E-state index < -0.39 is 0 Å². The van der Waals surface area contributed by atoms with E-state index in [9.17, 15) is 4.79 Å². The summed E-state index contributed by atoms with van der Waals surface area (Å²) in [6.45, 7) is 2.99. The van der Waals surface area contributed by atoms with Crippen molar-refractivity contribution in [2.24, 2.45) is 5.73 Å². The van der Waals surface area contributed by atoms with E-state index in [-0.39, 0.29) is 12.3 Å².